The van der Waals surface area contributed by atoms with Gasteiger partial charge in [-0.1, -0.05) is 19.8 Å². The van der Waals surface area contributed by atoms with Crippen LogP contribution in [0.1, 0.15) is 39.0 Å². The first kappa shape index (κ1) is 13.8. The lowest BCUT2D eigenvalue weighted by Crippen LogP contribution is -2.50. The predicted molar refractivity (Wildman–Crippen MR) is 73.6 cm³/mol. The minimum atomic E-state index is 0.352. The Hall–Kier alpha value is -0.610. The number of piperazine rings is 1. The van der Waals surface area contributed by atoms with Crippen molar-refractivity contribution in [3.63, 3.8) is 0 Å². The monoisotopic (exact) mass is 253 g/mol. The van der Waals surface area contributed by atoms with E-state index in [4.69, 9.17) is 0 Å². The molecule has 2 aliphatic rings. The van der Waals surface area contributed by atoms with Gasteiger partial charge in [-0.3, -0.25) is 9.69 Å². The molecule has 2 heterocycles. The Balaban J connectivity index is 1.88. The molecule has 4 nitrogen and oxygen atoms in total. The Morgan fingerprint density at radius 2 is 1.94 bits per heavy atom. The summed E-state index contributed by atoms with van der Waals surface area (Å²) in [6.07, 6.45) is 6.06. The second kappa shape index (κ2) is 7.10. The van der Waals surface area contributed by atoms with E-state index in [0.717, 1.165) is 39.1 Å². The highest BCUT2D eigenvalue weighted by atomic mass is 16.2. The second-order valence-corrected chi connectivity index (χ2v) is 5.52. The van der Waals surface area contributed by atoms with Gasteiger partial charge in [-0.2, -0.15) is 0 Å². The lowest BCUT2D eigenvalue weighted by molar-refractivity contribution is -0.134. The molecule has 1 unspecified atom stereocenters. The Kier molecular flexibility index (Phi) is 5.45. The van der Waals surface area contributed by atoms with E-state index in [2.05, 4.69) is 22.0 Å². The quantitative estimate of drug-likeness (QED) is 0.817. The molecule has 1 N–H and O–H groups in total. The van der Waals surface area contributed by atoms with Gasteiger partial charge < -0.3 is 10.2 Å². The average molecular weight is 253 g/mol. The van der Waals surface area contributed by atoms with Crippen LogP contribution in [0.5, 0.6) is 0 Å². The largest absolute Gasteiger partial charge is 0.339 e. The number of hydrogen-bond donors (Lipinski definition) is 1. The minimum Gasteiger partial charge on any atom is -0.339 e. The van der Waals surface area contributed by atoms with E-state index in [-0.39, 0.29) is 0 Å². The summed E-state index contributed by atoms with van der Waals surface area (Å²) in [6.45, 7) is 7.87. The van der Waals surface area contributed by atoms with Crippen molar-refractivity contribution in [1.29, 1.82) is 0 Å². The molecule has 0 aromatic carbocycles. The van der Waals surface area contributed by atoms with Gasteiger partial charge in [0, 0.05) is 38.8 Å². The Labute approximate surface area is 111 Å². The van der Waals surface area contributed by atoms with Gasteiger partial charge in [0.15, 0.2) is 0 Å². The van der Waals surface area contributed by atoms with E-state index in [9.17, 15) is 4.79 Å². The highest BCUT2D eigenvalue weighted by molar-refractivity contribution is 5.78. The molecule has 2 rings (SSSR count). The zero-order valence-electron chi connectivity index (χ0n) is 11.7. The minimum absolute atomic E-state index is 0.352. The molecular weight excluding hydrogens is 226 g/mol. The average Bonchev–Trinajstić information content (AvgIpc) is 2.64. The highest BCUT2D eigenvalue weighted by Crippen LogP contribution is 2.19. The summed E-state index contributed by atoms with van der Waals surface area (Å²) in [5, 5.41) is 3.33. The first-order valence-electron chi connectivity index (χ1n) is 7.54. The molecule has 0 saturated carbocycles. The Morgan fingerprint density at radius 1 is 1.17 bits per heavy atom. The van der Waals surface area contributed by atoms with Crippen LogP contribution in [0.3, 0.4) is 0 Å². The van der Waals surface area contributed by atoms with Crippen LogP contribution >= 0.6 is 0 Å². The van der Waals surface area contributed by atoms with Crippen LogP contribution in [0.25, 0.3) is 0 Å². The van der Waals surface area contributed by atoms with Crippen LogP contribution in [-0.4, -0.2) is 61.0 Å². The third-order valence-electron chi connectivity index (χ3n) is 4.24. The van der Waals surface area contributed by atoms with E-state index < -0.39 is 0 Å². The number of likely N-dealkylation sites (tertiary alicyclic amines) is 1. The van der Waals surface area contributed by atoms with Gasteiger partial charge in [0.1, 0.15) is 0 Å². The molecule has 0 bridgehead atoms. The van der Waals surface area contributed by atoms with Gasteiger partial charge in [-0.15, -0.1) is 0 Å². The maximum absolute atomic E-state index is 12.5. The topological polar surface area (TPSA) is 35.6 Å². The summed E-state index contributed by atoms with van der Waals surface area (Å²) in [5.74, 6) is 0.352. The van der Waals surface area contributed by atoms with Crippen LogP contribution in [0, 0.1) is 0 Å². The van der Waals surface area contributed by atoms with E-state index >= 15 is 0 Å². The van der Waals surface area contributed by atoms with Gasteiger partial charge in [-0.05, 0) is 19.3 Å². The first-order valence-corrected chi connectivity index (χ1v) is 7.54. The van der Waals surface area contributed by atoms with E-state index in [1.54, 1.807) is 0 Å². The molecule has 0 radical (unpaired) electrons. The summed E-state index contributed by atoms with van der Waals surface area (Å²) in [6, 6.07) is 0.489. The van der Waals surface area contributed by atoms with Crippen molar-refractivity contribution in [2.24, 2.45) is 0 Å². The third-order valence-corrected chi connectivity index (χ3v) is 4.24. The molecule has 4 heteroatoms. The zero-order valence-corrected chi connectivity index (χ0v) is 11.7. The van der Waals surface area contributed by atoms with Crippen molar-refractivity contribution < 1.29 is 4.79 Å². The summed E-state index contributed by atoms with van der Waals surface area (Å²) in [7, 11) is 0. The number of nitrogens with one attached hydrogen (secondary N) is 1. The van der Waals surface area contributed by atoms with Gasteiger partial charge in [-0.25, -0.2) is 0 Å². The molecule has 2 fully saturated rings. The van der Waals surface area contributed by atoms with Crippen molar-refractivity contribution in [2.75, 3.05) is 39.3 Å². The van der Waals surface area contributed by atoms with Crippen molar-refractivity contribution in [1.82, 2.24) is 15.1 Å². The predicted octanol–water partition coefficient (Wildman–Crippen LogP) is 1.07. The number of hydrogen-bond acceptors (Lipinski definition) is 3. The molecule has 2 saturated heterocycles. The number of carbonyl (C=O) groups is 1. The molecular formula is C14H27N3O. The lowest BCUT2D eigenvalue weighted by atomic mass is 10.1. The normalized spacial score (nSPS) is 26.9. The molecule has 104 valence electrons. The molecule has 1 amide bonds. The van der Waals surface area contributed by atoms with Crippen LogP contribution < -0.4 is 5.32 Å². The van der Waals surface area contributed by atoms with Crippen LogP contribution in [0.2, 0.25) is 0 Å². The lowest BCUT2D eigenvalue weighted by Gasteiger charge is -2.33. The fraction of sp³-hybridized carbons (Fsp3) is 0.929. The van der Waals surface area contributed by atoms with Crippen molar-refractivity contribution in [3.8, 4) is 0 Å². The summed E-state index contributed by atoms with van der Waals surface area (Å²) in [4.78, 5) is 16.9. The molecule has 0 spiro atoms. The maximum Gasteiger partial charge on any atom is 0.236 e. The molecule has 18 heavy (non-hydrogen) atoms. The SMILES string of the molecule is CCC1CCCCCN1C(=O)CN1CCNCC1. The van der Waals surface area contributed by atoms with Crippen LogP contribution in [0.4, 0.5) is 0 Å². The fourth-order valence-electron chi connectivity index (χ4n) is 3.08. The molecule has 0 aliphatic carbocycles. The van der Waals surface area contributed by atoms with Crippen LogP contribution in [-0.2, 0) is 4.79 Å². The number of rotatable bonds is 3. The summed E-state index contributed by atoms with van der Waals surface area (Å²) < 4.78 is 0. The Bertz CT molecular complexity index is 264. The molecule has 0 aromatic rings. The number of carbonyl (C=O) groups excluding carboxylic acids is 1. The smallest absolute Gasteiger partial charge is 0.236 e. The standard InChI is InChI=1S/C14H27N3O/c1-2-13-6-4-3-5-9-17(13)14(18)12-16-10-7-15-8-11-16/h13,15H,2-12H2,1H3. The Morgan fingerprint density at radius 3 is 2.67 bits per heavy atom. The zero-order chi connectivity index (χ0) is 12.8. The molecule has 1 atom stereocenters. The summed E-state index contributed by atoms with van der Waals surface area (Å²) in [5.41, 5.74) is 0. The van der Waals surface area contributed by atoms with Gasteiger partial charge in [0.25, 0.3) is 0 Å². The third kappa shape index (κ3) is 3.69. The van der Waals surface area contributed by atoms with Gasteiger partial charge in [0.2, 0.25) is 5.91 Å². The van der Waals surface area contributed by atoms with E-state index in [0.29, 0.717) is 18.5 Å². The summed E-state index contributed by atoms with van der Waals surface area (Å²) >= 11 is 0. The van der Waals surface area contributed by atoms with Crippen molar-refractivity contribution in [2.45, 2.75) is 45.1 Å². The fourth-order valence-corrected chi connectivity index (χ4v) is 3.08. The van der Waals surface area contributed by atoms with Crippen molar-refractivity contribution in [3.05, 3.63) is 0 Å². The number of amides is 1. The first-order chi connectivity index (χ1) is 8.81. The maximum atomic E-state index is 12.5. The highest BCUT2D eigenvalue weighted by Gasteiger charge is 2.25. The number of nitrogens with zero attached hydrogens (tertiary/aromatic N) is 2. The molecule has 2 aliphatic heterocycles. The second-order valence-electron chi connectivity index (χ2n) is 5.52. The molecule has 0 aromatic heterocycles. The van der Waals surface area contributed by atoms with E-state index in [1.165, 1.54) is 25.7 Å². The van der Waals surface area contributed by atoms with Crippen molar-refractivity contribution >= 4 is 5.91 Å². The van der Waals surface area contributed by atoms with Gasteiger partial charge >= 0.3 is 0 Å². The van der Waals surface area contributed by atoms with Crippen LogP contribution in [0.15, 0.2) is 0 Å². The van der Waals surface area contributed by atoms with E-state index in [1.807, 2.05) is 0 Å². The van der Waals surface area contributed by atoms with Gasteiger partial charge in [0.05, 0.1) is 6.54 Å².